The Hall–Kier alpha value is 1.02. The Labute approximate surface area is 225 Å². The standard InChI is InChI=1S/C22H54NO6Si6/c1-20(2)17-31-25-30(14-12-16-34(9,10)29-33(7,8)15-11-13-23)27-35(24,19-22(5)6)28-32(26-31)18-21(3)4/h20-22,24H,11-19,23H2,1-10H3. The molecule has 13 heteroatoms. The molecular weight excluding hydrogens is 543 g/mol. The average Bonchev–Trinajstić information content (AvgIpc) is 2.62. The maximum absolute atomic E-state index is 11.5. The van der Waals surface area contributed by atoms with E-state index >= 15 is 0 Å². The number of rotatable bonds is 15. The van der Waals surface area contributed by atoms with Crippen molar-refractivity contribution in [2.45, 2.75) is 117 Å². The van der Waals surface area contributed by atoms with E-state index in [0.29, 0.717) is 17.9 Å². The summed E-state index contributed by atoms with van der Waals surface area (Å²) in [4.78, 5) is 11.5. The molecule has 0 aromatic carbocycles. The molecule has 7 nitrogen and oxygen atoms in total. The van der Waals surface area contributed by atoms with Crippen LogP contribution >= 0.6 is 0 Å². The van der Waals surface area contributed by atoms with Gasteiger partial charge in [-0.1, -0.05) is 48.0 Å². The smallest absolute Gasteiger partial charge is 0.455 e. The highest BCUT2D eigenvalue weighted by Gasteiger charge is 2.48. The van der Waals surface area contributed by atoms with Crippen LogP contribution < -0.4 is 5.73 Å². The van der Waals surface area contributed by atoms with Crippen LogP contribution in [0.5, 0.6) is 0 Å². The first-order valence-electron chi connectivity index (χ1n) is 13.5. The fourth-order valence-corrected chi connectivity index (χ4v) is 26.2. The van der Waals surface area contributed by atoms with Gasteiger partial charge in [0, 0.05) is 6.04 Å². The molecular formula is C22H54NO6Si6. The fourth-order valence-electron chi connectivity index (χ4n) is 4.26. The zero-order valence-electron chi connectivity index (χ0n) is 24.2. The number of nitrogens with two attached hydrogens (primary N) is 1. The van der Waals surface area contributed by atoms with Gasteiger partial charge in [0.1, 0.15) is 0 Å². The zero-order chi connectivity index (χ0) is 26.9. The highest BCUT2D eigenvalue weighted by molar-refractivity contribution is 6.85. The second-order valence-corrected chi connectivity index (χ2v) is 29.9. The van der Waals surface area contributed by atoms with E-state index in [9.17, 15) is 4.80 Å². The van der Waals surface area contributed by atoms with Crippen LogP contribution in [0, 0.1) is 17.8 Å². The van der Waals surface area contributed by atoms with Crippen molar-refractivity contribution in [3.8, 4) is 0 Å². The Balaban J connectivity index is 2.91. The van der Waals surface area contributed by atoms with E-state index in [4.69, 9.17) is 26.3 Å². The lowest BCUT2D eigenvalue weighted by Crippen LogP contribution is -2.57. The molecule has 35 heavy (non-hydrogen) atoms. The van der Waals surface area contributed by atoms with Gasteiger partial charge < -0.3 is 31.1 Å². The molecule has 3 N–H and O–H groups in total. The minimum Gasteiger partial charge on any atom is -0.455 e. The van der Waals surface area contributed by atoms with E-state index in [1.165, 1.54) is 0 Å². The summed E-state index contributed by atoms with van der Waals surface area (Å²) in [6.07, 6.45) is 2.03. The molecule has 1 aliphatic rings. The Kier molecular flexibility index (Phi) is 15.1. The minimum atomic E-state index is -3.36. The first kappa shape index (κ1) is 34.0. The quantitative estimate of drug-likeness (QED) is 0.238. The van der Waals surface area contributed by atoms with Gasteiger partial charge in [-0.15, -0.1) is 0 Å². The van der Waals surface area contributed by atoms with Gasteiger partial charge in [-0.2, -0.15) is 0 Å². The van der Waals surface area contributed by atoms with Crippen molar-refractivity contribution in [3.05, 3.63) is 0 Å². The maximum atomic E-state index is 11.5. The lowest BCUT2D eigenvalue weighted by Gasteiger charge is -2.38. The molecule has 0 aromatic rings. The number of hydrogen-bond acceptors (Lipinski definition) is 7. The molecule has 3 radical (unpaired) electrons. The van der Waals surface area contributed by atoms with Crippen LogP contribution in [0.2, 0.25) is 62.5 Å². The molecule has 0 aromatic heterocycles. The van der Waals surface area contributed by atoms with Crippen molar-refractivity contribution in [1.82, 2.24) is 0 Å². The van der Waals surface area contributed by atoms with Crippen molar-refractivity contribution in [3.63, 3.8) is 0 Å². The third-order valence-electron chi connectivity index (χ3n) is 5.51. The van der Waals surface area contributed by atoms with Crippen LogP contribution in [0.15, 0.2) is 0 Å². The fraction of sp³-hybridized carbons (Fsp3) is 1.00. The van der Waals surface area contributed by atoms with Crippen molar-refractivity contribution in [2.75, 3.05) is 6.54 Å². The third kappa shape index (κ3) is 15.3. The Morgan fingerprint density at radius 1 is 0.771 bits per heavy atom. The van der Waals surface area contributed by atoms with Crippen molar-refractivity contribution in [2.24, 2.45) is 23.5 Å². The van der Waals surface area contributed by atoms with Crippen molar-refractivity contribution >= 4 is 53.3 Å². The SMILES string of the molecule is CC(C)C[Si]1O[Si](CCC[Si](C)(C)O[Si](C)(C)CCCN)O[Si](O)(CC(C)C)O[Si](CC(C)C)O1. The summed E-state index contributed by atoms with van der Waals surface area (Å²) in [5, 5.41) is 0. The van der Waals surface area contributed by atoms with Crippen molar-refractivity contribution < 1.29 is 25.4 Å². The maximum Gasteiger partial charge on any atom is 0.480 e. The molecule has 1 saturated heterocycles. The predicted octanol–water partition coefficient (Wildman–Crippen LogP) is 5.60. The minimum absolute atomic E-state index is 0.289. The van der Waals surface area contributed by atoms with E-state index in [1.807, 2.05) is 0 Å². The third-order valence-corrected chi connectivity index (χ3v) is 25.5. The highest BCUT2D eigenvalue weighted by atomic mass is 28.5. The second kappa shape index (κ2) is 15.6. The summed E-state index contributed by atoms with van der Waals surface area (Å²) in [7, 11) is -11.7. The van der Waals surface area contributed by atoms with Gasteiger partial charge in [-0.3, -0.25) is 0 Å². The predicted molar refractivity (Wildman–Crippen MR) is 157 cm³/mol. The molecule has 0 aliphatic carbocycles. The normalized spacial score (nSPS) is 22.4. The Morgan fingerprint density at radius 2 is 1.26 bits per heavy atom. The summed E-state index contributed by atoms with van der Waals surface area (Å²) in [6, 6.07) is 5.30. The van der Waals surface area contributed by atoms with Crippen LogP contribution in [0.1, 0.15) is 54.4 Å². The monoisotopic (exact) mass is 596 g/mol. The molecule has 0 bridgehead atoms. The van der Waals surface area contributed by atoms with Gasteiger partial charge in [0.25, 0.3) is 0 Å². The van der Waals surface area contributed by atoms with Gasteiger partial charge in [0.05, 0.1) is 0 Å². The molecule has 1 atom stereocenters. The molecule has 1 aliphatic heterocycles. The van der Waals surface area contributed by atoms with E-state index in [2.05, 4.69) is 67.7 Å². The summed E-state index contributed by atoms with van der Waals surface area (Å²) >= 11 is 0. The van der Waals surface area contributed by atoms with Crippen LogP contribution in [-0.4, -0.2) is 64.6 Å². The lowest BCUT2D eigenvalue weighted by atomic mass is 10.3. The first-order valence-corrected chi connectivity index (χ1v) is 26.3. The molecule has 1 rings (SSSR count). The lowest BCUT2D eigenvalue weighted by molar-refractivity contribution is 0.184. The van der Waals surface area contributed by atoms with E-state index in [0.717, 1.165) is 49.6 Å². The summed E-state index contributed by atoms with van der Waals surface area (Å²) in [5.41, 5.74) is 5.73. The van der Waals surface area contributed by atoms with Gasteiger partial charge in [-0.05, 0) is 87.1 Å². The molecule has 207 valence electrons. The number of hydrogen-bond donors (Lipinski definition) is 2. The molecule has 0 amide bonds. The Morgan fingerprint density at radius 3 is 1.77 bits per heavy atom. The van der Waals surface area contributed by atoms with Crippen LogP contribution in [0.3, 0.4) is 0 Å². The molecule has 1 unspecified atom stereocenters. The molecule has 1 heterocycles. The van der Waals surface area contributed by atoms with Gasteiger partial charge >= 0.3 is 36.7 Å². The zero-order valence-corrected chi connectivity index (χ0v) is 30.2. The molecule has 0 saturated carbocycles. The van der Waals surface area contributed by atoms with Crippen molar-refractivity contribution in [1.29, 1.82) is 0 Å². The van der Waals surface area contributed by atoms with Gasteiger partial charge in [0.2, 0.25) is 0 Å². The van der Waals surface area contributed by atoms with Gasteiger partial charge in [-0.25, -0.2) is 0 Å². The Bertz CT molecular complexity index is 601. The molecule has 0 spiro atoms. The summed E-state index contributed by atoms with van der Waals surface area (Å²) in [5.74, 6) is 1.22. The van der Waals surface area contributed by atoms with Gasteiger partial charge in [0.15, 0.2) is 16.6 Å². The largest absolute Gasteiger partial charge is 0.480 e. The van der Waals surface area contributed by atoms with E-state index in [1.54, 1.807) is 0 Å². The first-order chi connectivity index (χ1) is 16.0. The summed E-state index contributed by atoms with van der Waals surface area (Å²) < 4.78 is 32.8. The molecule has 1 fully saturated rings. The van der Waals surface area contributed by atoms with E-state index in [-0.39, 0.29) is 5.92 Å². The van der Waals surface area contributed by atoms with Crippen LogP contribution in [0.4, 0.5) is 0 Å². The summed E-state index contributed by atoms with van der Waals surface area (Å²) in [6.45, 7) is 23.0. The van der Waals surface area contributed by atoms with E-state index < -0.39 is 53.3 Å². The highest BCUT2D eigenvalue weighted by Crippen LogP contribution is 2.29. The second-order valence-electron chi connectivity index (χ2n) is 12.4. The van der Waals surface area contributed by atoms with Crippen LogP contribution in [-0.2, 0) is 20.6 Å². The topological polar surface area (TPSA) is 92.4 Å². The average molecular weight is 597 g/mol. The van der Waals surface area contributed by atoms with Crippen LogP contribution in [0.25, 0.3) is 0 Å².